The molecular weight excluding hydrogens is 268 g/mol. The van der Waals surface area contributed by atoms with E-state index in [4.69, 9.17) is 4.74 Å². The van der Waals surface area contributed by atoms with Crippen LogP contribution >= 0.6 is 11.8 Å². The molecule has 0 aromatic heterocycles. The lowest BCUT2D eigenvalue weighted by Crippen LogP contribution is -2.16. The summed E-state index contributed by atoms with van der Waals surface area (Å²) in [6.07, 6.45) is 8.17. The molecule has 0 saturated carbocycles. The summed E-state index contributed by atoms with van der Waals surface area (Å²) in [4.78, 5) is 11.9. The third-order valence-corrected chi connectivity index (χ3v) is 5.16. The van der Waals surface area contributed by atoms with E-state index in [0.29, 0.717) is 23.6 Å². The van der Waals surface area contributed by atoms with Gasteiger partial charge in [-0.15, -0.1) is 0 Å². The van der Waals surface area contributed by atoms with Crippen molar-refractivity contribution in [3.05, 3.63) is 0 Å². The second-order valence-electron chi connectivity index (χ2n) is 5.80. The molecule has 2 nitrogen and oxygen atoms in total. The lowest BCUT2D eigenvalue weighted by molar-refractivity contribution is -0.122. The summed E-state index contributed by atoms with van der Waals surface area (Å²) >= 11 is 1.91. The monoisotopic (exact) mass is 302 g/mol. The molecule has 0 radical (unpaired) electrons. The van der Waals surface area contributed by atoms with Gasteiger partial charge in [0.2, 0.25) is 0 Å². The van der Waals surface area contributed by atoms with Crippen molar-refractivity contribution in [2.75, 3.05) is 12.9 Å². The Labute approximate surface area is 130 Å². The molecule has 20 heavy (non-hydrogen) atoms. The molecule has 0 fully saturated rings. The van der Waals surface area contributed by atoms with E-state index >= 15 is 0 Å². The van der Waals surface area contributed by atoms with Crippen LogP contribution in [-0.2, 0) is 9.53 Å². The lowest BCUT2D eigenvalue weighted by atomic mass is 10.0. The number of hydrogen-bond acceptors (Lipinski definition) is 3. The van der Waals surface area contributed by atoms with Gasteiger partial charge in [0.1, 0.15) is 5.78 Å². The molecule has 3 heteroatoms. The first kappa shape index (κ1) is 20.0. The predicted molar refractivity (Wildman–Crippen MR) is 90.6 cm³/mol. The topological polar surface area (TPSA) is 26.3 Å². The van der Waals surface area contributed by atoms with Gasteiger partial charge in [0.25, 0.3) is 0 Å². The van der Waals surface area contributed by atoms with E-state index in [9.17, 15) is 4.79 Å². The van der Waals surface area contributed by atoms with Crippen molar-refractivity contribution in [1.82, 2.24) is 0 Å². The van der Waals surface area contributed by atoms with Gasteiger partial charge in [-0.2, -0.15) is 11.8 Å². The number of methoxy groups -OCH3 is 1. The molecule has 0 N–H and O–H groups in total. The number of ether oxygens (including phenoxy) is 1. The maximum atomic E-state index is 11.9. The Hall–Kier alpha value is -0.0200. The molecule has 0 spiro atoms. The summed E-state index contributed by atoms with van der Waals surface area (Å²) < 4.78 is 5.54. The van der Waals surface area contributed by atoms with Crippen molar-refractivity contribution in [2.45, 2.75) is 84.0 Å². The lowest BCUT2D eigenvalue weighted by Gasteiger charge is -2.17. The Morgan fingerprint density at radius 2 is 1.85 bits per heavy atom. The van der Waals surface area contributed by atoms with Crippen molar-refractivity contribution in [2.24, 2.45) is 5.92 Å². The number of Topliss-reactive ketones (excluding diaryl/α,β-unsaturated/α-hetero) is 1. The second kappa shape index (κ2) is 12.7. The first-order valence-electron chi connectivity index (χ1n) is 8.22. The Balaban J connectivity index is 3.77. The summed E-state index contributed by atoms with van der Waals surface area (Å²) in [5.41, 5.74) is 0. The maximum absolute atomic E-state index is 11.9. The number of rotatable bonds is 13. The quantitative estimate of drug-likeness (QED) is 0.443. The molecule has 0 aliphatic rings. The molecule has 120 valence electrons. The highest BCUT2D eigenvalue weighted by Gasteiger charge is 2.15. The van der Waals surface area contributed by atoms with Crippen LogP contribution in [0.4, 0.5) is 0 Å². The normalized spacial score (nSPS) is 15.8. The largest absolute Gasteiger partial charge is 0.381 e. The highest BCUT2D eigenvalue weighted by molar-refractivity contribution is 7.99. The molecule has 0 aromatic rings. The molecule has 0 heterocycles. The molecule has 0 aliphatic heterocycles. The van der Waals surface area contributed by atoms with E-state index in [-0.39, 0.29) is 5.92 Å². The van der Waals surface area contributed by atoms with E-state index in [1.807, 2.05) is 25.8 Å². The van der Waals surface area contributed by atoms with Gasteiger partial charge in [0.15, 0.2) is 0 Å². The van der Waals surface area contributed by atoms with Gasteiger partial charge in [-0.25, -0.2) is 0 Å². The summed E-state index contributed by atoms with van der Waals surface area (Å²) in [5, 5.41) is 0.435. The molecule has 0 aliphatic carbocycles. The molecule has 0 bridgehead atoms. The average molecular weight is 303 g/mol. The fraction of sp³-hybridized carbons (Fsp3) is 0.941. The first-order chi connectivity index (χ1) is 9.54. The van der Waals surface area contributed by atoms with E-state index in [1.54, 1.807) is 0 Å². The van der Waals surface area contributed by atoms with Crippen LogP contribution in [-0.4, -0.2) is 30.0 Å². The van der Waals surface area contributed by atoms with Crippen molar-refractivity contribution in [3.8, 4) is 0 Å². The van der Waals surface area contributed by atoms with Crippen molar-refractivity contribution < 1.29 is 9.53 Å². The fourth-order valence-electron chi connectivity index (χ4n) is 2.17. The summed E-state index contributed by atoms with van der Waals surface area (Å²) in [6, 6.07) is 0. The van der Waals surface area contributed by atoms with Crippen LogP contribution in [0.3, 0.4) is 0 Å². The Morgan fingerprint density at radius 1 is 1.15 bits per heavy atom. The van der Waals surface area contributed by atoms with Crippen molar-refractivity contribution in [1.29, 1.82) is 0 Å². The zero-order chi connectivity index (χ0) is 15.4. The molecule has 0 rings (SSSR count). The minimum absolute atomic E-state index is 0.221. The second-order valence-corrected chi connectivity index (χ2v) is 7.35. The Morgan fingerprint density at radius 3 is 2.40 bits per heavy atom. The molecule has 3 unspecified atom stereocenters. The summed E-state index contributed by atoms with van der Waals surface area (Å²) in [5.74, 6) is 1.73. The number of carbonyl (C=O) groups excluding carboxylic acids is 1. The standard InChI is InChI=1S/C17H34O2S/c1-6-8-9-10-16(19-5)11-12-20-15(4)13-17(18)14(3)7-2/h14-16H,6-13H2,1-5H3. The first-order valence-corrected chi connectivity index (χ1v) is 9.27. The molecule has 3 atom stereocenters. The molecule has 0 amide bonds. The smallest absolute Gasteiger partial charge is 0.136 e. The van der Waals surface area contributed by atoms with Gasteiger partial charge < -0.3 is 4.74 Å². The number of ketones is 1. The number of thioether (sulfide) groups is 1. The highest BCUT2D eigenvalue weighted by atomic mass is 32.2. The highest BCUT2D eigenvalue weighted by Crippen LogP contribution is 2.20. The Bertz CT molecular complexity index is 243. The SMILES string of the molecule is CCCCCC(CCSC(C)CC(=O)C(C)CC)OC. The van der Waals surface area contributed by atoms with Crippen LogP contribution in [0.2, 0.25) is 0 Å². The van der Waals surface area contributed by atoms with Gasteiger partial charge >= 0.3 is 0 Å². The zero-order valence-corrected chi connectivity index (χ0v) is 14.9. The maximum Gasteiger partial charge on any atom is 0.136 e. The van der Waals surface area contributed by atoms with Gasteiger partial charge in [0.05, 0.1) is 6.10 Å². The molecule has 0 saturated heterocycles. The summed E-state index contributed by atoms with van der Waals surface area (Å²) in [6.45, 7) is 8.52. The van der Waals surface area contributed by atoms with Crippen LogP contribution in [0.25, 0.3) is 0 Å². The van der Waals surface area contributed by atoms with Gasteiger partial charge in [-0.3, -0.25) is 4.79 Å². The molecular formula is C17H34O2S. The fourth-order valence-corrected chi connectivity index (χ4v) is 3.26. The number of unbranched alkanes of at least 4 members (excludes halogenated alkanes) is 2. The van der Waals surface area contributed by atoms with Gasteiger partial charge in [-0.05, 0) is 25.0 Å². The van der Waals surface area contributed by atoms with E-state index in [0.717, 1.165) is 18.6 Å². The van der Waals surface area contributed by atoms with Crippen molar-refractivity contribution in [3.63, 3.8) is 0 Å². The van der Waals surface area contributed by atoms with Crippen LogP contribution in [0, 0.1) is 5.92 Å². The summed E-state index contributed by atoms with van der Waals surface area (Å²) in [7, 11) is 1.82. The number of hydrogen-bond donors (Lipinski definition) is 0. The number of carbonyl (C=O) groups is 1. The third kappa shape index (κ3) is 9.82. The van der Waals surface area contributed by atoms with Crippen LogP contribution in [0.15, 0.2) is 0 Å². The van der Waals surface area contributed by atoms with Crippen molar-refractivity contribution >= 4 is 17.5 Å². The average Bonchev–Trinajstić information content (AvgIpc) is 2.44. The minimum Gasteiger partial charge on any atom is -0.381 e. The van der Waals surface area contributed by atoms with Crippen LogP contribution in [0.1, 0.15) is 72.6 Å². The zero-order valence-electron chi connectivity index (χ0n) is 14.1. The predicted octanol–water partition coefficient (Wildman–Crippen LogP) is 5.10. The van der Waals surface area contributed by atoms with Gasteiger partial charge in [0, 0.05) is 24.7 Å². The minimum atomic E-state index is 0.221. The Kier molecular flexibility index (Phi) is 12.7. The third-order valence-electron chi connectivity index (χ3n) is 3.96. The molecule has 0 aromatic carbocycles. The van der Waals surface area contributed by atoms with E-state index in [2.05, 4.69) is 20.8 Å². The van der Waals surface area contributed by atoms with E-state index < -0.39 is 0 Å². The van der Waals surface area contributed by atoms with E-state index in [1.165, 1.54) is 25.7 Å². The van der Waals surface area contributed by atoms with Crippen LogP contribution < -0.4 is 0 Å². The van der Waals surface area contributed by atoms with Gasteiger partial charge in [-0.1, -0.05) is 47.0 Å². The van der Waals surface area contributed by atoms with Crippen LogP contribution in [0.5, 0.6) is 0 Å².